The molecule has 7 nitrogen and oxygen atoms in total. The van der Waals surface area contributed by atoms with Crippen molar-refractivity contribution in [3.05, 3.63) is 85.0 Å². The fourth-order valence-electron chi connectivity index (χ4n) is 4.40. The van der Waals surface area contributed by atoms with Gasteiger partial charge in [-0.15, -0.1) is 11.3 Å². The molecule has 0 saturated heterocycles. The number of nitrogens with one attached hydrogen (secondary N) is 3. The summed E-state index contributed by atoms with van der Waals surface area (Å²) in [6, 6.07) is 10.5. The van der Waals surface area contributed by atoms with E-state index in [1.807, 2.05) is 17.5 Å². The van der Waals surface area contributed by atoms with Crippen molar-refractivity contribution in [2.75, 3.05) is 5.32 Å². The number of hydrogen-bond acceptors (Lipinski definition) is 5. The molecule has 0 radical (unpaired) electrons. The number of aromatic carboxylic acids is 1. The number of allylic oxidation sites excluding steroid dienone is 2. The summed E-state index contributed by atoms with van der Waals surface area (Å²) < 4.78 is 0. The molecule has 1 aromatic carbocycles. The normalized spacial score (nSPS) is 20.8. The van der Waals surface area contributed by atoms with Crippen molar-refractivity contribution in [1.29, 1.82) is 0 Å². The molecule has 29 heavy (non-hydrogen) atoms. The van der Waals surface area contributed by atoms with Gasteiger partial charge in [-0.1, -0.05) is 24.3 Å². The Morgan fingerprint density at radius 3 is 2.66 bits per heavy atom. The van der Waals surface area contributed by atoms with Crippen LogP contribution in [0.5, 0.6) is 0 Å². The summed E-state index contributed by atoms with van der Waals surface area (Å²) in [5.74, 6) is -1.32. The third-order valence-corrected chi connectivity index (χ3v) is 6.66. The number of fused-ring (bicyclic) bond motifs is 1. The minimum Gasteiger partial charge on any atom is -0.478 e. The first-order chi connectivity index (χ1) is 14.0. The summed E-state index contributed by atoms with van der Waals surface area (Å²) in [4.78, 5) is 38.8. The van der Waals surface area contributed by atoms with Crippen molar-refractivity contribution >= 4 is 28.9 Å². The van der Waals surface area contributed by atoms with Gasteiger partial charge in [0.25, 0.3) is 5.56 Å². The van der Waals surface area contributed by atoms with E-state index in [9.17, 15) is 19.5 Å². The average Bonchev–Trinajstić information content (AvgIpc) is 3.37. The summed E-state index contributed by atoms with van der Waals surface area (Å²) >= 11 is 1.62. The van der Waals surface area contributed by atoms with Crippen molar-refractivity contribution in [1.82, 2.24) is 10.2 Å². The Morgan fingerprint density at radius 1 is 1.07 bits per heavy atom. The van der Waals surface area contributed by atoms with E-state index in [1.54, 1.807) is 29.5 Å². The zero-order valence-corrected chi connectivity index (χ0v) is 16.0. The minimum absolute atomic E-state index is 0.0615. The lowest BCUT2D eigenvalue weighted by Gasteiger charge is -2.34. The van der Waals surface area contributed by atoms with Crippen LogP contribution >= 0.6 is 11.3 Å². The predicted octanol–water partition coefficient (Wildman–Crippen LogP) is 3.42. The molecule has 1 aliphatic carbocycles. The van der Waals surface area contributed by atoms with E-state index < -0.39 is 11.9 Å². The second-order valence-electron chi connectivity index (χ2n) is 7.25. The van der Waals surface area contributed by atoms with Gasteiger partial charge in [0, 0.05) is 34.4 Å². The Bertz CT molecular complexity index is 1220. The second kappa shape index (κ2) is 6.59. The number of Topliss-reactive ketones (excluding diaryl/α,β-unsaturated/α-hetero) is 1. The van der Waals surface area contributed by atoms with E-state index in [0.29, 0.717) is 35.4 Å². The highest BCUT2D eigenvalue weighted by atomic mass is 32.1. The summed E-state index contributed by atoms with van der Waals surface area (Å²) in [5, 5.41) is 20.3. The number of hydrogen-bond donors (Lipinski definition) is 4. The van der Waals surface area contributed by atoms with E-state index in [2.05, 4.69) is 15.5 Å². The van der Waals surface area contributed by atoms with Gasteiger partial charge < -0.3 is 10.4 Å². The Kier molecular flexibility index (Phi) is 4.02. The number of aromatic nitrogens is 2. The second-order valence-corrected chi connectivity index (χ2v) is 8.23. The average molecular weight is 407 g/mol. The highest BCUT2D eigenvalue weighted by molar-refractivity contribution is 7.10. The lowest BCUT2D eigenvalue weighted by Crippen LogP contribution is -2.32. The molecule has 2 aliphatic rings. The Balaban J connectivity index is 1.70. The molecule has 146 valence electrons. The summed E-state index contributed by atoms with van der Waals surface area (Å²) in [7, 11) is 0. The molecule has 1 aliphatic heterocycles. The van der Waals surface area contributed by atoms with Crippen molar-refractivity contribution in [3.63, 3.8) is 0 Å². The van der Waals surface area contributed by atoms with Crippen LogP contribution < -0.4 is 10.9 Å². The van der Waals surface area contributed by atoms with Crippen LogP contribution in [0.1, 0.15) is 51.0 Å². The Hall–Kier alpha value is -3.39. The van der Waals surface area contributed by atoms with Crippen LogP contribution in [-0.2, 0) is 4.79 Å². The zero-order valence-electron chi connectivity index (χ0n) is 15.2. The maximum absolute atomic E-state index is 13.3. The molecule has 3 heterocycles. The predicted molar refractivity (Wildman–Crippen MR) is 109 cm³/mol. The van der Waals surface area contributed by atoms with Crippen LogP contribution in [0.4, 0.5) is 5.82 Å². The smallest absolute Gasteiger partial charge is 0.335 e. The molecule has 2 atom stereocenters. The SMILES string of the molecule is O=C1C[C@H](c2cccs2)CC2=C1[C@@H](c1ccccc1C(=O)O)c1c([nH][nH]c1=O)N2. The number of benzene rings is 1. The first-order valence-electron chi connectivity index (χ1n) is 9.24. The maximum Gasteiger partial charge on any atom is 0.335 e. The molecule has 3 aromatic rings. The number of anilines is 1. The number of carbonyl (C=O) groups excluding carboxylic acids is 1. The van der Waals surface area contributed by atoms with Crippen LogP contribution in [0.25, 0.3) is 0 Å². The van der Waals surface area contributed by atoms with Gasteiger partial charge in [-0.3, -0.25) is 19.8 Å². The molecule has 0 bridgehead atoms. The van der Waals surface area contributed by atoms with Gasteiger partial charge in [0.15, 0.2) is 5.78 Å². The molecule has 4 N–H and O–H groups in total. The van der Waals surface area contributed by atoms with Crippen molar-refractivity contribution in [2.24, 2.45) is 0 Å². The Morgan fingerprint density at radius 2 is 1.90 bits per heavy atom. The summed E-state index contributed by atoms with van der Waals surface area (Å²) in [6.45, 7) is 0. The van der Waals surface area contributed by atoms with Gasteiger partial charge in [-0.2, -0.15) is 0 Å². The molecule has 0 unspecified atom stereocenters. The highest BCUT2D eigenvalue weighted by Crippen LogP contribution is 2.47. The summed E-state index contributed by atoms with van der Waals surface area (Å²) in [5.41, 5.74) is 1.75. The van der Waals surface area contributed by atoms with Crippen molar-refractivity contribution < 1.29 is 14.7 Å². The third-order valence-electron chi connectivity index (χ3n) is 5.62. The van der Waals surface area contributed by atoms with E-state index in [-0.39, 0.29) is 22.8 Å². The van der Waals surface area contributed by atoms with Gasteiger partial charge in [0.05, 0.1) is 11.1 Å². The molecular weight excluding hydrogens is 390 g/mol. The number of carbonyl (C=O) groups is 2. The molecule has 5 rings (SSSR count). The number of rotatable bonds is 3. The zero-order chi connectivity index (χ0) is 20.1. The standard InChI is InChI=1S/C21H17N3O4S/c25-14-9-10(15-6-3-7-29-15)8-13-17(14)16(18-19(22-13)23-24-20(18)26)11-4-1-2-5-12(11)21(27)28/h1-7,10,16H,8-9H2,(H,27,28)(H3,22,23,24,26)/t10-,16-/m1/s1. The van der Waals surface area contributed by atoms with Crippen LogP contribution in [0.3, 0.4) is 0 Å². The number of carboxylic acid groups (broad SMARTS) is 1. The number of carboxylic acids is 1. The maximum atomic E-state index is 13.3. The van der Waals surface area contributed by atoms with Crippen molar-refractivity contribution in [3.8, 4) is 0 Å². The van der Waals surface area contributed by atoms with Gasteiger partial charge in [-0.25, -0.2) is 4.79 Å². The lowest BCUT2D eigenvalue weighted by molar-refractivity contribution is -0.116. The first kappa shape index (κ1) is 17.7. The molecule has 8 heteroatoms. The topological polar surface area (TPSA) is 115 Å². The molecule has 0 spiro atoms. The first-order valence-corrected chi connectivity index (χ1v) is 10.1. The number of ketones is 1. The van der Waals surface area contributed by atoms with Crippen LogP contribution in [-0.4, -0.2) is 27.1 Å². The van der Waals surface area contributed by atoms with Gasteiger partial charge in [-0.05, 0) is 29.5 Å². The molecule has 2 aromatic heterocycles. The fraction of sp³-hybridized carbons (Fsp3) is 0.190. The fourth-order valence-corrected chi connectivity index (χ4v) is 5.23. The van der Waals surface area contributed by atoms with E-state index >= 15 is 0 Å². The molecule has 0 saturated carbocycles. The molecular formula is C21H17N3O4S. The van der Waals surface area contributed by atoms with Crippen LogP contribution in [0, 0.1) is 0 Å². The number of aromatic amines is 2. The Labute approximate surface area is 169 Å². The van der Waals surface area contributed by atoms with E-state index in [0.717, 1.165) is 10.6 Å². The van der Waals surface area contributed by atoms with Gasteiger partial charge in [0.2, 0.25) is 0 Å². The monoisotopic (exact) mass is 407 g/mol. The lowest BCUT2D eigenvalue weighted by atomic mass is 9.73. The van der Waals surface area contributed by atoms with Crippen LogP contribution in [0.2, 0.25) is 0 Å². The van der Waals surface area contributed by atoms with E-state index in [4.69, 9.17) is 0 Å². The van der Waals surface area contributed by atoms with E-state index in [1.165, 1.54) is 6.07 Å². The number of H-pyrrole nitrogens is 2. The molecule has 0 fully saturated rings. The summed E-state index contributed by atoms with van der Waals surface area (Å²) in [6.07, 6.45) is 0.963. The quantitative estimate of drug-likeness (QED) is 0.531. The minimum atomic E-state index is -1.09. The van der Waals surface area contributed by atoms with Gasteiger partial charge in [0.1, 0.15) is 5.82 Å². The molecule has 0 amide bonds. The highest BCUT2D eigenvalue weighted by Gasteiger charge is 2.41. The third kappa shape index (κ3) is 2.75. The number of thiophene rings is 1. The largest absolute Gasteiger partial charge is 0.478 e. The van der Waals surface area contributed by atoms with Crippen molar-refractivity contribution in [2.45, 2.75) is 24.7 Å². The van der Waals surface area contributed by atoms with Gasteiger partial charge >= 0.3 is 5.97 Å². The van der Waals surface area contributed by atoms with Crippen LogP contribution in [0.15, 0.2) is 57.8 Å².